The molecule has 134 valence electrons. The van der Waals surface area contributed by atoms with Gasteiger partial charge in [0.25, 0.3) is 0 Å². The number of anilines is 2. The van der Waals surface area contributed by atoms with Gasteiger partial charge >= 0.3 is 0 Å². The van der Waals surface area contributed by atoms with Crippen LogP contribution in [-0.2, 0) is 0 Å². The highest BCUT2D eigenvalue weighted by atomic mass is 16.5. The monoisotopic (exact) mass is 351 g/mol. The molecule has 3 aromatic rings. The molecule has 1 aliphatic rings. The predicted octanol–water partition coefficient (Wildman–Crippen LogP) is 3.02. The fourth-order valence-electron chi connectivity index (χ4n) is 3.37. The van der Waals surface area contributed by atoms with Crippen molar-refractivity contribution >= 4 is 11.9 Å². The summed E-state index contributed by atoms with van der Waals surface area (Å²) in [5.41, 5.74) is 8.12. The topological polar surface area (TPSA) is 87.2 Å². The summed E-state index contributed by atoms with van der Waals surface area (Å²) in [6, 6.07) is 16.2. The van der Waals surface area contributed by atoms with Crippen LogP contribution in [0, 0.1) is 0 Å². The molecule has 7 nitrogen and oxygen atoms in total. The van der Waals surface area contributed by atoms with Gasteiger partial charge in [0.15, 0.2) is 0 Å². The van der Waals surface area contributed by atoms with E-state index in [0.29, 0.717) is 5.95 Å². The van der Waals surface area contributed by atoms with E-state index in [4.69, 9.17) is 15.2 Å². The number of nitrogens with two attached hydrogens (primary N) is 1. The van der Waals surface area contributed by atoms with E-state index >= 15 is 0 Å². The Morgan fingerprint density at radius 1 is 1.04 bits per heavy atom. The fourth-order valence-corrected chi connectivity index (χ4v) is 3.37. The van der Waals surface area contributed by atoms with Crippen LogP contribution in [0.1, 0.15) is 29.6 Å². The fraction of sp³-hybridized carbons (Fsp3) is 0.263. The highest BCUT2D eigenvalue weighted by Crippen LogP contribution is 2.38. The molecule has 2 atom stereocenters. The van der Waals surface area contributed by atoms with Crippen molar-refractivity contribution in [2.75, 3.05) is 25.3 Å². The van der Waals surface area contributed by atoms with Gasteiger partial charge in [0.05, 0.1) is 26.3 Å². The molecule has 2 heterocycles. The first-order valence-electron chi connectivity index (χ1n) is 8.44. The van der Waals surface area contributed by atoms with Crippen LogP contribution in [-0.4, -0.2) is 29.0 Å². The van der Waals surface area contributed by atoms with Crippen LogP contribution in [0.4, 0.5) is 11.9 Å². The SMILES string of the molecule is COc1ccc([C@H]2C[C@H](c3cccc(OC)c3)Nc3nc(N)nn32)cc1. The van der Waals surface area contributed by atoms with Crippen LogP contribution >= 0.6 is 0 Å². The summed E-state index contributed by atoms with van der Waals surface area (Å²) < 4.78 is 12.5. The van der Waals surface area contributed by atoms with Gasteiger partial charge in [0.1, 0.15) is 11.5 Å². The summed E-state index contributed by atoms with van der Waals surface area (Å²) in [6.07, 6.45) is 0.815. The number of hydrogen-bond acceptors (Lipinski definition) is 6. The Morgan fingerprint density at radius 3 is 2.54 bits per heavy atom. The van der Waals surface area contributed by atoms with Crippen LogP contribution in [0.2, 0.25) is 0 Å². The lowest BCUT2D eigenvalue weighted by Crippen LogP contribution is -2.28. The number of fused-ring (bicyclic) bond motifs is 1. The maximum Gasteiger partial charge on any atom is 0.241 e. The molecule has 4 rings (SSSR count). The van der Waals surface area contributed by atoms with E-state index in [2.05, 4.69) is 33.6 Å². The minimum atomic E-state index is 0.0261. The smallest absolute Gasteiger partial charge is 0.241 e. The molecule has 7 heteroatoms. The zero-order valence-corrected chi connectivity index (χ0v) is 14.7. The van der Waals surface area contributed by atoms with Crippen molar-refractivity contribution in [1.29, 1.82) is 0 Å². The Morgan fingerprint density at radius 2 is 1.81 bits per heavy atom. The lowest BCUT2D eigenvalue weighted by molar-refractivity contribution is 0.408. The van der Waals surface area contributed by atoms with Crippen molar-refractivity contribution in [2.45, 2.75) is 18.5 Å². The molecule has 0 fully saturated rings. The van der Waals surface area contributed by atoms with E-state index in [0.717, 1.165) is 29.0 Å². The van der Waals surface area contributed by atoms with Gasteiger partial charge in [0, 0.05) is 0 Å². The first-order valence-corrected chi connectivity index (χ1v) is 8.44. The molecule has 2 aromatic carbocycles. The zero-order chi connectivity index (χ0) is 18.1. The summed E-state index contributed by atoms with van der Waals surface area (Å²) in [7, 11) is 3.33. The Hall–Kier alpha value is -3.22. The zero-order valence-electron chi connectivity index (χ0n) is 14.7. The largest absolute Gasteiger partial charge is 0.497 e. The molecule has 0 amide bonds. The second-order valence-corrected chi connectivity index (χ2v) is 6.24. The lowest BCUT2D eigenvalue weighted by Gasteiger charge is -2.31. The quantitative estimate of drug-likeness (QED) is 0.751. The van der Waals surface area contributed by atoms with Crippen molar-refractivity contribution in [2.24, 2.45) is 0 Å². The number of hydrogen-bond donors (Lipinski definition) is 2. The van der Waals surface area contributed by atoms with E-state index in [1.807, 2.05) is 35.0 Å². The first kappa shape index (κ1) is 16.3. The van der Waals surface area contributed by atoms with E-state index < -0.39 is 0 Å². The molecule has 0 saturated heterocycles. The highest BCUT2D eigenvalue weighted by Gasteiger charge is 2.31. The second-order valence-electron chi connectivity index (χ2n) is 6.24. The van der Waals surface area contributed by atoms with E-state index in [1.54, 1.807) is 14.2 Å². The van der Waals surface area contributed by atoms with Gasteiger partial charge in [-0.15, -0.1) is 5.10 Å². The van der Waals surface area contributed by atoms with Crippen LogP contribution < -0.4 is 20.5 Å². The lowest BCUT2D eigenvalue weighted by atomic mass is 9.93. The van der Waals surface area contributed by atoms with E-state index in [1.165, 1.54) is 0 Å². The maximum atomic E-state index is 5.85. The summed E-state index contributed by atoms with van der Waals surface area (Å²) in [5, 5.41) is 7.82. The van der Waals surface area contributed by atoms with Gasteiger partial charge in [-0.2, -0.15) is 4.98 Å². The molecule has 0 radical (unpaired) electrons. The highest BCUT2D eigenvalue weighted by molar-refractivity contribution is 5.43. The number of benzene rings is 2. The van der Waals surface area contributed by atoms with Gasteiger partial charge in [-0.1, -0.05) is 24.3 Å². The Bertz CT molecular complexity index is 907. The Kier molecular flexibility index (Phi) is 4.12. The van der Waals surface area contributed by atoms with Gasteiger partial charge in [0.2, 0.25) is 11.9 Å². The van der Waals surface area contributed by atoms with Crippen molar-refractivity contribution in [3.05, 3.63) is 59.7 Å². The number of methoxy groups -OCH3 is 2. The van der Waals surface area contributed by atoms with Gasteiger partial charge in [-0.25, -0.2) is 4.68 Å². The molecular formula is C19H21N5O2. The van der Waals surface area contributed by atoms with Crippen LogP contribution in [0.15, 0.2) is 48.5 Å². The maximum absolute atomic E-state index is 5.85. The second kappa shape index (κ2) is 6.59. The number of nitrogens with one attached hydrogen (secondary N) is 1. The molecule has 0 saturated carbocycles. The van der Waals surface area contributed by atoms with Crippen LogP contribution in [0.25, 0.3) is 0 Å². The summed E-state index contributed by atoms with van der Waals surface area (Å²) in [5.74, 6) is 2.59. The number of nitrogens with zero attached hydrogens (tertiary/aromatic N) is 3. The molecule has 1 aliphatic heterocycles. The van der Waals surface area contributed by atoms with Crippen molar-refractivity contribution in [3.63, 3.8) is 0 Å². The minimum absolute atomic E-state index is 0.0261. The molecule has 3 N–H and O–H groups in total. The third-order valence-corrected chi connectivity index (χ3v) is 4.70. The van der Waals surface area contributed by atoms with Gasteiger partial charge < -0.3 is 20.5 Å². The molecular weight excluding hydrogens is 330 g/mol. The third-order valence-electron chi connectivity index (χ3n) is 4.70. The average molecular weight is 351 g/mol. The van der Waals surface area contributed by atoms with Gasteiger partial charge in [-0.05, 0) is 41.8 Å². The number of ether oxygens (including phenoxy) is 2. The number of nitrogen functional groups attached to an aromatic ring is 1. The minimum Gasteiger partial charge on any atom is -0.497 e. The third kappa shape index (κ3) is 2.92. The molecule has 0 aliphatic carbocycles. The Labute approximate surface area is 151 Å². The van der Waals surface area contributed by atoms with E-state index in [-0.39, 0.29) is 18.0 Å². The van der Waals surface area contributed by atoms with Crippen molar-refractivity contribution < 1.29 is 9.47 Å². The number of aromatic nitrogens is 3. The molecule has 26 heavy (non-hydrogen) atoms. The predicted molar refractivity (Wildman–Crippen MR) is 99.5 cm³/mol. The summed E-state index contributed by atoms with van der Waals surface area (Å²) in [4.78, 5) is 4.34. The molecule has 0 bridgehead atoms. The molecule has 0 spiro atoms. The van der Waals surface area contributed by atoms with Gasteiger partial charge in [-0.3, -0.25) is 0 Å². The normalized spacial score (nSPS) is 18.7. The van der Waals surface area contributed by atoms with Crippen molar-refractivity contribution in [3.8, 4) is 11.5 Å². The average Bonchev–Trinajstić information content (AvgIpc) is 3.07. The standard InChI is InChI=1S/C19H21N5O2/c1-25-14-8-6-12(7-9-14)17-11-16(13-4-3-5-15(10-13)26-2)21-19-22-18(20)23-24(17)19/h3-10,16-17H,11H2,1-2H3,(H3,20,21,22,23)/t16-,17-/m1/s1. The first-order chi connectivity index (χ1) is 12.7. The van der Waals surface area contributed by atoms with Crippen molar-refractivity contribution in [1.82, 2.24) is 14.8 Å². The van der Waals surface area contributed by atoms with Crippen LogP contribution in [0.5, 0.6) is 11.5 Å². The van der Waals surface area contributed by atoms with E-state index in [9.17, 15) is 0 Å². The summed E-state index contributed by atoms with van der Waals surface area (Å²) in [6.45, 7) is 0. The number of rotatable bonds is 4. The molecule has 0 unspecified atom stereocenters. The van der Waals surface area contributed by atoms with Crippen LogP contribution in [0.3, 0.4) is 0 Å². The molecule has 1 aromatic heterocycles. The Balaban J connectivity index is 1.72. The summed E-state index contributed by atoms with van der Waals surface area (Å²) >= 11 is 0.